The van der Waals surface area contributed by atoms with Crippen molar-refractivity contribution in [3.63, 3.8) is 0 Å². The number of halogens is 1. The number of hydrogen-bond acceptors (Lipinski definition) is 11. The first-order chi connectivity index (χ1) is 23.4. The van der Waals surface area contributed by atoms with E-state index in [4.69, 9.17) is 19.0 Å². The number of rotatable bonds is 5. The molecule has 50 heavy (non-hydrogen) atoms. The van der Waals surface area contributed by atoms with Gasteiger partial charge in [0.2, 0.25) is 5.91 Å². The van der Waals surface area contributed by atoms with Gasteiger partial charge in [-0.05, 0) is 57.6 Å². The van der Waals surface area contributed by atoms with Gasteiger partial charge in [0, 0.05) is 48.6 Å². The molecule has 0 radical (unpaired) electrons. The van der Waals surface area contributed by atoms with E-state index in [1.165, 1.54) is 13.8 Å². The molecule has 2 aliphatic heterocycles. The molecule has 1 amide bonds. The van der Waals surface area contributed by atoms with Gasteiger partial charge < -0.3 is 24.2 Å². The Balaban J connectivity index is 1.79. The summed E-state index contributed by atoms with van der Waals surface area (Å²) in [6.07, 6.45) is 2.97. The average molecular weight is 700 g/mol. The molecule has 0 aliphatic carbocycles. The summed E-state index contributed by atoms with van der Waals surface area (Å²) < 4.78 is 36.4. The summed E-state index contributed by atoms with van der Waals surface area (Å²) in [5, 5.41) is 20.7. The Morgan fingerprint density at radius 3 is 2.46 bits per heavy atom. The van der Waals surface area contributed by atoms with Crippen LogP contribution < -0.4 is 0 Å². The average Bonchev–Trinajstić information content (AvgIpc) is 3.61. The number of amides is 1. The van der Waals surface area contributed by atoms with Crippen molar-refractivity contribution in [1.29, 1.82) is 0 Å². The number of nitrogens with zero attached hydrogens (tertiary/aromatic N) is 5. The van der Waals surface area contributed by atoms with Crippen LogP contribution in [0.2, 0.25) is 0 Å². The number of aliphatic imine (C=N–C) groups is 1. The molecule has 0 spiro atoms. The molecule has 2 bridgehead atoms. The van der Waals surface area contributed by atoms with Gasteiger partial charge in [0.05, 0.1) is 24.9 Å². The monoisotopic (exact) mass is 699 g/mol. The first-order valence-corrected chi connectivity index (χ1v) is 17.1. The highest BCUT2D eigenvalue weighted by Crippen LogP contribution is 2.40. The number of ketones is 1. The fourth-order valence-electron chi connectivity index (χ4n) is 7.00. The van der Waals surface area contributed by atoms with Crippen LogP contribution in [0.5, 0.6) is 0 Å². The number of carbonyl (C=O) groups excluding carboxylic acids is 3. The van der Waals surface area contributed by atoms with Gasteiger partial charge in [0.1, 0.15) is 24.0 Å². The van der Waals surface area contributed by atoms with Crippen molar-refractivity contribution in [2.45, 2.75) is 111 Å². The highest BCUT2D eigenvalue weighted by Gasteiger charge is 2.54. The Kier molecular flexibility index (Phi) is 12.1. The fourth-order valence-corrected chi connectivity index (χ4v) is 7.00. The smallest absolute Gasteiger partial charge is 0.351 e. The summed E-state index contributed by atoms with van der Waals surface area (Å²) in [5.74, 6) is -4.94. The molecule has 2 saturated heterocycles. The second kappa shape index (κ2) is 15.6. The minimum atomic E-state index is -3.00. The third kappa shape index (κ3) is 8.35. The van der Waals surface area contributed by atoms with Crippen LogP contribution in [-0.4, -0.2) is 91.2 Å². The third-order valence-electron chi connectivity index (χ3n) is 10.2. The maximum Gasteiger partial charge on any atom is 0.351 e. The molecule has 13 nitrogen and oxygen atoms in total. The molecular formula is C36H50FN5O8. The summed E-state index contributed by atoms with van der Waals surface area (Å²) in [4.78, 5) is 54.1. The molecule has 0 saturated carbocycles. The van der Waals surface area contributed by atoms with Gasteiger partial charge in [-0.25, -0.2) is 23.8 Å². The lowest BCUT2D eigenvalue weighted by Crippen LogP contribution is -2.59. The minimum Gasteiger partial charge on any atom is -0.457 e. The van der Waals surface area contributed by atoms with E-state index in [2.05, 4.69) is 20.2 Å². The molecule has 9 atom stereocenters. The summed E-state index contributed by atoms with van der Waals surface area (Å²) in [6, 6.07) is 5.44. The van der Waals surface area contributed by atoms with E-state index in [0.29, 0.717) is 17.2 Å². The molecule has 2 aromatic heterocycles. The van der Waals surface area contributed by atoms with E-state index < -0.39 is 70.4 Å². The lowest BCUT2D eigenvalue weighted by molar-refractivity contribution is -0.198. The van der Waals surface area contributed by atoms with E-state index in [1.807, 2.05) is 13.0 Å². The molecule has 2 aromatic rings. The lowest BCUT2D eigenvalue weighted by atomic mass is 9.70. The minimum absolute atomic E-state index is 0.0642. The van der Waals surface area contributed by atoms with Gasteiger partial charge >= 0.3 is 5.97 Å². The first kappa shape index (κ1) is 38.9. The van der Waals surface area contributed by atoms with E-state index in [-0.39, 0.29) is 32.7 Å². The number of carbonyl (C=O) groups is 3. The number of esters is 1. The van der Waals surface area contributed by atoms with Crippen LogP contribution in [0.1, 0.15) is 80.7 Å². The van der Waals surface area contributed by atoms with Crippen LogP contribution in [0.4, 0.5) is 4.39 Å². The third-order valence-corrected chi connectivity index (χ3v) is 10.2. The Labute approximate surface area is 292 Å². The van der Waals surface area contributed by atoms with Crippen molar-refractivity contribution in [2.24, 2.45) is 33.8 Å². The molecule has 4 heterocycles. The summed E-state index contributed by atoms with van der Waals surface area (Å²) in [7, 11) is 0. The molecule has 14 heteroatoms. The highest BCUT2D eigenvalue weighted by molar-refractivity contribution is 6.07. The highest BCUT2D eigenvalue weighted by atomic mass is 19.1. The van der Waals surface area contributed by atoms with Crippen molar-refractivity contribution in [1.82, 2.24) is 14.8 Å². The molecule has 0 aromatic carbocycles. The number of hydrogen-bond donors (Lipinski definition) is 1. The number of oxime groups is 1. The van der Waals surface area contributed by atoms with Gasteiger partial charge in [-0.2, -0.15) is 5.10 Å². The predicted molar refractivity (Wildman–Crippen MR) is 182 cm³/mol. The van der Waals surface area contributed by atoms with Crippen LogP contribution in [0.3, 0.4) is 0 Å². The molecule has 0 unspecified atom stereocenters. The van der Waals surface area contributed by atoms with Crippen LogP contribution >= 0.6 is 0 Å². The van der Waals surface area contributed by atoms with Gasteiger partial charge in [0.15, 0.2) is 11.6 Å². The number of ether oxygens (including phenoxy) is 3. The second-order valence-corrected chi connectivity index (χ2v) is 14.2. The van der Waals surface area contributed by atoms with Gasteiger partial charge in [-0.3, -0.25) is 9.59 Å². The molecule has 4 rings (SSSR count). The number of Topliss-reactive ketones (excluding diaryl/α,β-unsaturated/α-hetero) is 1. The second-order valence-electron chi connectivity index (χ2n) is 14.2. The zero-order valence-corrected chi connectivity index (χ0v) is 30.4. The zero-order valence-electron chi connectivity index (χ0n) is 30.4. The first-order valence-electron chi connectivity index (χ1n) is 17.1. The lowest BCUT2D eigenvalue weighted by Gasteiger charge is -2.44. The predicted octanol–water partition coefficient (Wildman–Crippen LogP) is 4.62. The van der Waals surface area contributed by atoms with E-state index in [9.17, 15) is 19.5 Å². The summed E-state index contributed by atoms with van der Waals surface area (Å²) in [5.41, 5.74) is -4.56. The van der Waals surface area contributed by atoms with E-state index in [1.54, 1.807) is 70.0 Å². The fraction of sp³-hybridized carbons (Fsp3) is 0.639. The van der Waals surface area contributed by atoms with Crippen molar-refractivity contribution in [2.75, 3.05) is 13.2 Å². The molecule has 2 aliphatic rings. The summed E-state index contributed by atoms with van der Waals surface area (Å²) in [6.45, 7) is 13.9. The van der Waals surface area contributed by atoms with Gasteiger partial charge in [0.25, 0.3) is 5.67 Å². The van der Waals surface area contributed by atoms with Crippen molar-refractivity contribution in [3.05, 3.63) is 42.4 Å². The van der Waals surface area contributed by atoms with Crippen LogP contribution in [-0.2, 0) is 40.0 Å². The van der Waals surface area contributed by atoms with E-state index >= 15 is 4.39 Å². The van der Waals surface area contributed by atoms with Crippen molar-refractivity contribution < 1.29 is 42.9 Å². The zero-order chi connectivity index (χ0) is 37.0. The van der Waals surface area contributed by atoms with Crippen LogP contribution in [0.15, 0.2) is 46.9 Å². The Hall–Kier alpha value is -3.88. The Morgan fingerprint density at radius 2 is 1.86 bits per heavy atom. The number of aromatic nitrogens is 3. The standard InChI is InChI=1S/C36H50FN5O8/c1-10-28-36(9,46)32-23(4)30(40-25(6)43)21(2)16-34(7,24(5)22(3)31(44)35(8,37)33(45)50-28)48-20-27(19-47-32)41-49-18-26-12-13-29(38-17-26)42-15-11-14-39-42/h11-15,17,21-24,28,32,46H,10,16,18-20H2,1-9H3/b40-30?,41-27+/t21-,22-,23+,24-,28-,32-,34-,35+,36-/m1/s1. The van der Waals surface area contributed by atoms with Crippen molar-refractivity contribution in [3.8, 4) is 5.82 Å². The number of fused-ring (bicyclic) bond motifs is 5. The van der Waals surface area contributed by atoms with Crippen molar-refractivity contribution >= 4 is 29.1 Å². The number of alkyl halides is 1. The topological polar surface area (TPSA) is 164 Å². The summed E-state index contributed by atoms with van der Waals surface area (Å²) >= 11 is 0. The SMILES string of the molecule is CC[C@H]1OC(=O)[C@@](C)(F)C(=O)[C@H](C)[C@@H](C)[C@@]2(C)C[C@@H](C)C(=NC(C)=O)[C@H](C)[C@@H](OC/C(=N\OCc3ccc(-n4cccn4)nc3)CO2)[C@]1(C)O. The Morgan fingerprint density at radius 1 is 1.14 bits per heavy atom. The van der Waals surface area contributed by atoms with Crippen LogP contribution in [0.25, 0.3) is 5.82 Å². The number of pyridine rings is 1. The molecule has 1 N–H and O–H groups in total. The molecule has 274 valence electrons. The molecular weight excluding hydrogens is 649 g/mol. The number of aliphatic hydroxyl groups is 1. The largest absolute Gasteiger partial charge is 0.457 e. The number of cyclic esters (lactones) is 1. The normalized spacial score (nSPS) is 36.3. The molecule has 2 fully saturated rings. The van der Waals surface area contributed by atoms with E-state index in [0.717, 1.165) is 12.5 Å². The quantitative estimate of drug-likeness (QED) is 0.265. The van der Waals surface area contributed by atoms with Gasteiger partial charge in [-0.1, -0.05) is 45.8 Å². The Bertz CT molecular complexity index is 1570. The maximum atomic E-state index is 16.2. The van der Waals surface area contributed by atoms with Gasteiger partial charge in [-0.15, -0.1) is 0 Å². The maximum absolute atomic E-state index is 16.2. The van der Waals surface area contributed by atoms with Crippen LogP contribution in [0, 0.1) is 23.7 Å².